The lowest BCUT2D eigenvalue weighted by atomic mass is 9.83. The maximum Gasteiger partial charge on any atom is 0.165 e. The fraction of sp³-hybridized carbons (Fsp3) is 0.478. The van der Waals surface area contributed by atoms with Gasteiger partial charge in [-0.2, -0.15) is 0 Å². The molecule has 1 aliphatic carbocycles. The molecule has 0 amide bonds. The summed E-state index contributed by atoms with van der Waals surface area (Å²) in [5.41, 5.74) is 5.35. The van der Waals surface area contributed by atoms with Crippen molar-refractivity contribution in [1.29, 1.82) is 0 Å². The molecule has 28 heavy (non-hydrogen) atoms. The third-order valence-corrected chi connectivity index (χ3v) is 6.23. The van der Waals surface area contributed by atoms with E-state index in [0.717, 1.165) is 61.8 Å². The van der Waals surface area contributed by atoms with Gasteiger partial charge < -0.3 is 18.9 Å². The van der Waals surface area contributed by atoms with Crippen LogP contribution in [-0.2, 0) is 19.4 Å². The summed E-state index contributed by atoms with van der Waals surface area (Å²) in [6, 6.07) is 8.98. The highest BCUT2D eigenvalue weighted by molar-refractivity contribution is 5.55. The molecule has 2 heterocycles. The highest BCUT2D eigenvalue weighted by Crippen LogP contribution is 2.46. The van der Waals surface area contributed by atoms with Crippen molar-refractivity contribution in [3.05, 3.63) is 46.5 Å². The van der Waals surface area contributed by atoms with Crippen LogP contribution in [0.3, 0.4) is 0 Å². The van der Waals surface area contributed by atoms with Gasteiger partial charge in [0.1, 0.15) is 0 Å². The predicted molar refractivity (Wildman–Crippen MR) is 107 cm³/mol. The number of hydrogen-bond donors (Lipinski definition) is 0. The smallest absolute Gasteiger partial charge is 0.165 e. The van der Waals surface area contributed by atoms with Crippen molar-refractivity contribution in [3.63, 3.8) is 0 Å². The molecule has 1 fully saturated rings. The van der Waals surface area contributed by atoms with Crippen molar-refractivity contribution in [1.82, 2.24) is 4.90 Å². The summed E-state index contributed by atoms with van der Waals surface area (Å²) < 4.78 is 23.0. The number of benzene rings is 2. The molecule has 2 aromatic rings. The van der Waals surface area contributed by atoms with Gasteiger partial charge in [-0.1, -0.05) is 6.07 Å². The van der Waals surface area contributed by atoms with Gasteiger partial charge in [0.25, 0.3) is 0 Å². The number of nitrogens with zero attached hydrogens (tertiary/aromatic N) is 1. The molecule has 148 valence electrons. The van der Waals surface area contributed by atoms with Crippen molar-refractivity contribution in [2.75, 3.05) is 27.9 Å². The minimum Gasteiger partial charge on any atom is -0.493 e. The number of fused-ring (bicyclic) bond motifs is 4. The maximum absolute atomic E-state index is 6.09. The van der Waals surface area contributed by atoms with Gasteiger partial charge in [-0.15, -0.1) is 0 Å². The lowest BCUT2D eigenvalue weighted by Crippen LogP contribution is -2.39. The van der Waals surface area contributed by atoms with Crippen LogP contribution >= 0.6 is 0 Å². The zero-order chi connectivity index (χ0) is 19.3. The largest absolute Gasteiger partial charge is 0.493 e. The zero-order valence-electron chi connectivity index (χ0n) is 16.8. The Morgan fingerprint density at radius 2 is 1.68 bits per heavy atom. The van der Waals surface area contributed by atoms with E-state index in [1.54, 1.807) is 21.3 Å². The summed E-state index contributed by atoms with van der Waals surface area (Å²) in [5.74, 6) is 3.43. The van der Waals surface area contributed by atoms with Crippen LogP contribution < -0.4 is 18.9 Å². The van der Waals surface area contributed by atoms with E-state index in [2.05, 4.69) is 29.2 Å². The Kier molecular flexibility index (Phi) is 4.35. The van der Waals surface area contributed by atoms with Crippen LogP contribution in [0, 0.1) is 0 Å². The molecule has 0 aromatic heterocycles. The van der Waals surface area contributed by atoms with Crippen molar-refractivity contribution in [3.8, 4) is 23.0 Å². The zero-order valence-corrected chi connectivity index (χ0v) is 16.8. The summed E-state index contributed by atoms with van der Waals surface area (Å²) in [4.78, 5) is 2.56. The maximum atomic E-state index is 6.09. The van der Waals surface area contributed by atoms with Gasteiger partial charge in [-0.05, 0) is 60.6 Å². The van der Waals surface area contributed by atoms with Crippen LogP contribution in [-0.4, -0.2) is 38.9 Å². The Labute approximate surface area is 166 Å². The van der Waals surface area contributed by atoms with Gasteiger partial charge in [-0.25, -0.2) is 0 Å². The first-order valence-corrected chi connectivity index (χ1v) is 10.1. The van der Waals surface area contributed by atoms with Crippen LogP contribution in [0.4, 0.5) is 0 Å². The van der Waals surface area contributed by atoms with Gasteiger partial charge in [0.05, 0.1) is 27.4 Å². The summed E-state index contributed by atoms with van der Waals surface area (Å²) >= 11 is 0. The molecule has 0 spiro atoms. The molecule has 5 nitrogen and oxygen atoms in total. The fourth-order valence-electron chi connectivity index (χ4n) is 4.61. The van der Waals surface area contributed by atoms with Crippen LogP contribution in [0.15, 0.2) is 24.3 Å². The normalized spacial score (nSPS) is 20.6. The molecule has 2 aliphatic heterocycles. The summed E-state index contributed by atoms with van der Waals surface area (Å²) in [5, 5.41) is 0. The highest BCUT2D eigenvalue weighted by atomic mass is 16.5. The lowest BCUT2D eigenvalue weighted by Gasteiger charge is -2.42. The molecule has 0 unspecified atom stereocenters. The quantitative estimate of drug-likeness (QED) is 0.785. The average molecular weight is 381 g/mol. The van der Waals surface area contributed by atoms with Gasteiger partial charge >= 0.3 is 0 Å². The molecule has 0 radical (unpaired) electrons. The minimum absolute atomic E-state index is 0.357. The molecule has 5 rings (SSSR count). The Hall–Kier alpha value is -2.40. The van der Waals surface area contributed by atoms with Crippen LogP contribution in [0.1, 0.15) is 41.1 Å². The molecule has 3 aliphatic rings. The standard InChI is InChI=1S/C23H27NO4/c1-25-21-11-15-8-9-24-13-18-14(10-19(24)17(15)12-22(21)26-2)4-7-20(23(18)27-3)28-16-5-6-16/h4,7,11-12,16,19H,5-6,8-10,13H2,1-3H3/t19-/m0/s1. The second kappa shape index (κ2) is 6.89. The van der Waals surface area contributed by atoms with E-state index in [1.165, 1.54) is 22.3 Å². The molecule has 1 saturated carbocycles. The molecular formula is C23H27NO4. The van der Waals surface area contributed by atoms with Crippen LogP contribution in [0.2, 0.25) is 0 Å². The monoisotopic (exact) mass is 381 g/mol. The molecule has 0 bridgehead atoms. The van der Waals surface area contributed by atoms with Gasteiger partial charge in [-0.3, -0.25) is 4.90 Å². The van der Waals surface area contributed by atoms with E-state index in [4.69, 9.17) is 18.9 Å². The molecular weight excluding hydrogens is 354 g/mol. The second-order valence-corrected chi connectivity index (χ2v) is 7.90. The Balaban J connectivity index is 1.52. The van der Waals surface area contributed by atoms with Crippen molar-refractivity contribution in [2.45, 2.75) is 44.4 Å². The molecule has 2 aromatic carbocycles. The minimum atomic E-state index is 0.357. The summed E-state index contributed by atoms with van der Waals surface area (Å²) in [6.07, 6.45) is 4.65. The highest BCUT2D eigenvalue weighted by Gasteiger charge is 2.35. The molecule has 1 atom stereocenters. The van der Waals surface area contributed by atoms with E-state index in [0.29, 0.717) is 12.1 Å². The van der Waals surface area contributed by atoms with Crippen LogP contribution in [0.5, 0.6) is 23.0 Å². The van der Waals surface area contributed by atoms with Gasteiger partial charge in [0.15, 0.2) is 23.0 Å². The van der Waals surface area contributed by atoms with E-state index < -0.39 is 0 Å². The number of ether oxygens (including phenoxy) is 4. The van der Waals surface area contributed by atoms with Crippen molar-refractivity contribution in [2.24, 2.45) is 0 Å². The molecule has 5 heteroatoms. The van der Waals surface area contributed by atoms with Gasteiger partial charge in [0, 0.05) is 24.7 Å². The number of rotatable bonds is 5. The summed E-state index contributed by atoms with van der Waals surface area (Å²) in [6.45, 7) is 1.92. The third kappa shape index (κ3) is 2.89. The van der Waals surface area contributed by atoms with Crippen molar-refractivity contribution >= 4 is 0 Å². The van der Waals surface area contributed by atoms with E-state index in [9.17, 15) is 0 Å². The average Bonchev–Trinajstić information content (AvgIpc) is 3.55. The fourth-order valence-corrected chi connectivity index (χ4v) is 4.61. The summed E-state index contributed by atoms with van der Waals surface area (Å²) in [7, 11) is 5.15. The predicted octanol–water partition coefficient (Wildman–Crippen LogP) is 3.91. The Morgan fingerprint density at radius 3 is 2.39 bits per heavy atom. The Morgan fingerprint density at radius 1 is 0.893 bits per heavy atom. The SMILES string of the molecule is COc1cc2c(cc1OC)[C@@H]1Cc3ccc(OC4CC4)c(OC)c3CN1CC2. The first-order chi connectivity index (χ1) is 13.7. The first kappa shape index (κ1) is 17.7. The second-order valence-electron chi connectivity index (χ2n) is 7.90. The van der Waals surface area contributed by atoms with E-state index in [-0.39, 0.29) is 0 Å². The van der Waals surface area contributed by atoms with E-state index >= 15 is 0 Å². The van der Waals surface area contributed by atoms with Crippen molar-refractivity contribution < 1.29 is 18.9 Å². The van der Waals surface area contributed by atoms with E-state index in [1.807, 2.05) is 0 Å². The lowest BCUT2D eigenvalue weighted by molar-refractivity contribution is 0.156. The number of methoxy groups -OCH3 is 3. The topological polar surface area (TPSA) is 40.2 Å². The first-order valence-electron chi connectivity index (χ1n) is 10.1. The number of hydrogen-bond acceptors (Lipinski definition) is 5. The van der Waals surface area contributed by atoms with Gasteiger partial charge in [0.2, 0.25) is 0 Å². The van der Waals surface area contributed by atoms with Crippen LogP contribution in [0.25, 0.3) is 0 Å². The Bertz CT molecular complexity index is 906. The third-order valence-electron chi connectivity index (χ3n) is 6.23. The molecule has 0 N–H and O–H groups in total. The molecule has 0 saturated heterocycles.